The number of rotatable bonds is 9. The van der Waals surface area contributed by atoms with Gasteiger partial charge in [0.05, 0.1) is 6.61 Å². The molecule has 1 heterocycles. The molecular weight excluding hydrogens is 438 g/mol. The van der Waals surface area contributed by atoms with Crippen molar-refractivity contribution in [1.29, 1.82) is 0 Å². The number of carbonyl (C=O) groups is 1. The van der Waals surface area contributed by atoms with E-state index in [2.05, 4.69) is 31.8 Å². The van der Waals surface area contributed by atoms with Crippen LogP contribution in [-0.4, -0.2) is 49.3 Å². The van der Waals surface area contributed by atoms with Gasteiger partial charge in [0, 0.05) is 36.5 Å². The smallest absolute Gasteiger partial charge is 0.266 e. The van der Waals surface area contributed by atoms with Crippen LogP contribution in [0.2, 0.25) is 0 Å². The molecule has 0 spiro atoms. The molecule has 2 aromatic carbocycles. The number of amides is 1. The molecule has 3 rings (SSSR count). The molecular formula is C21H24BrN3O4. The number of aliphatic hydroxyl groups excluding tert-OH is 1. The van der Waals surface area contributed by atoms with Crippen LogP contribution in [0.4, 0.5) is 0 Å². The molecule has 0 bridgehead atoms. The van der Waals surface area contributed by atoms with Crippen molar-refractivity contribution >= 4 is 27.7 Å². The molecule has 0 unspecified atom stereocenters. The minimum Gasteiger partial charge on any atom is -0.494 e. The molecule has 1 amide bonds. The molecule has 29 heavy (non-hydrogen) atoms. The van der Waals surface area contributed by atoms with Crippen LogP contribution in [0.3, 0.4) is 0 Å². The van der Waals surface area contributed by atoms with Gasteiger partial charge >= 0.3 is 0 Å². The van der Waals surface area contributed by atoms with E-state index in [9.17, 15) is 4.79 Å². The standard InChI is InChI=1S/C21H24BrN3O4/c1-23-25-20(27)21(13-15-3-7-17(22)8-4-15)14-29-19(24-21)16-5-9-18(10-6-16)28-12-2-11-26/h3-10,23,26H,2,11-14H2,1H3,(H,25,27)/t21-/m0/s1. The lowest BCUT2D eigenvalue weighted by atomic mass is 9.91. The van der Waals surface area contributed by atoms with Crippen LogP contribution >= 0.6 is 15.9 Å². The Hall–Kier alpha value is -2.42. The van der Waals surface area contributed by atoms with Gasteiger partial charge in [-0.1, -0.05) is 28.1 Å². The molecule has 8 heteroatoms. The number of carbonyl (C=O) groups excluding carboxylic acids is 1. The quantitative estimate of drug-likeness (QED) is 0.393. The lowest BCUT2D eigenvalue weighted by Crippen LogP contribution is -2.51. The van der Waals surface area contributed by atoms with Crippen LogP contribution in [0.5, 0.6) is 5.75 Å². The number of nitrogens with one attached hydrogen (secondary N) is 2. The van der Waals surface area contributed by atoms with Gasteiger partial charge in [0.1, 0.15) is 12.4 Å². The van der Waals surface area contributed by atoms with E-state index in [1.165, 1.54) is 0 Å². The van der Waals surface area contributed by atoms with Gasteiger partial charge in [-0.2, -0.15) is 0 Å². The van der Waals surface area contributed by atoms with E-state index in [-0.39, 0.29) is 19.1 Å². The number of nitrogens with zero attached hydrogens (tertiary/aromatic N) is 1. The lowest BCUT2D eigenvalue weighted by molar-refractivity contribution is -0.127. The summed E-state index contributed by atoms with van der Waals surface area (Å²) in [5.74, 6) is 0.881. The van der Waals surface area contributed by atoms with Gasteiger partial charge < -0.3 is 14.6 Å². The summed E-state index contributed by atoms with van der Waals surface area (Å²) in [6.45, 7) is 0.701. The van der Waals surface area contributed by atoms with Gasteiger partial charge in [-0.3, -0.25) is 10.2 Å². The third-order valence-electron chi connectivity index (χ3n) is 4.51. The number of aliphatic imine (C=N–C) groups is 1. The Bertz CT molecular complexity index is 855. The Balaban J connectivity index is 1.81. The second-order valence-corrected chi connectivity index (χ2v) is 7.61. The predicted octanol–water partition coefficient (Wildman–Crippen LogP) is 2.22. The zero-order chi connectivity index (χ0) is 20.7. The fraction of sp³-hybridized carbons (Fsp3) is 0.333. The number of aliphatic hydroxyl groups is 1. The Morgan fingerprint density at radius 3 is 2.62 bits per heavy atom. The summed E-state index contributed by atoms with van der Waals surface area (Å²) in [6.07, 6.45) is 0.996. The fourth-order valence-corrected chi connectivity index (χ4v) is 3.26. The third kappa shape index (κ3) is 5.35. The number of benzene rings is 2. The molecule has 3 N–H and O–H groups in total. The van der Waals surface area contributed by atoms with E-state index in [0.29, 0.717) is 31.1 Å². The van der Waals surface area contributed by atoms with Crippen LogP contribution in [0.1, 0.15) is 17.5 Å². The molecule has 0 fully saturated rings. The van der Waals surface area contributed by atoms with E-state index in [0.717, 1.165) is 15.6 Å². The van der Waals surface area contributed by atoms with E-state index in [4.69, 9.17) is 14.6 Å². The van der Waals surface area contributed by atoms with Crippen molar-refractivity contribution in [1.82, 2.24) is 10.9 Å². The van der Waals surface area contributed by atoms with Crippen molar-refractivity contribution in [2.75, 3.05) is 26.9 Å². The first-order valence-corrected chi connectivity index (χ1v) is 10.1. The summed E-state index contributed by atoms with van der Waals surface area (Å²) in [7, 11) is 1.64. The minimum atomic E-state index is -1.05. The number of halogens is 1. The maximum Gasteiger partial charge on any atom is 0.266 e. The van der Waals surface area contributed by atoms with Crippen molar-refractivity contribution in [3.8, 4) is 5.75 Å². The van der Waals surface area contributed by atoms with E-state index < -0.39 is 5.54 Å². The maximum absolute atomic E-state index is 12.8. The first-order chi connectivity index (χ1) is 14.1. The number of ether oxygens (including phenoxy) is 2. The van der Waals surface area contributed by atoms with Gasteiger partial charge in [-0.25, -0.2) is 10.4 Å². The molecule has 0 radical (unpaired) electrons. The Labute approximate surface area is 178 Å². The van der Waals surface area contributed by atoms with Crippen LogP contribution in [0.15, 0.2) is 58.0 Å². The number of hydrogen-bond acceptors (Lipinski definition) is 6. The fourth-order valence-electron chi connectivity index (χ4n) is 3.00. The topological polar surface area (TPSA) is 92.2 Å². The van der Waals surface area contributed by atoms with Gasteiger partial charge in [0.25, 0.3) is 5.91 Å². The average Bonchev–Trinajstić information content (AvgIpc) is 3.16. The van der Waals surface area contributed by atoms with Crippen LogP contribution in [0, 0.1) is 0 Å². The van der Waals surface area contributed by atoms with E-state index in [1.54, 1.807) is 7.05 Å². The average molecular weight is 462 g/mol. The normalized spacial score (nSPS) is 18.1. The largest absolute Gasteiger partial charge is 0.494 e. The second kappa shape index (κ2) is 9.87. The highest BCUT2D eigenvalue weighted by atomic mass is 79.9. The molecule has 0 saturated heterocycles. The Morgan fingerprint density at radius 2 is 1.97 bits per heavy atom. The van der Waals surface area contributed by atoms with Crippen molar-refractivity contribution in [3.05, 3.63) is 64.1 Å². The summed E-state index contributed by atoms with van der Waals surface area (Å²) in [6, 6.07) is 15.1. The molecule has 1 aliphatic rings. The van der Waals surface area contributed by atoms with Crippen LogP contribution in [-0.2, 0) is 16.0 Å². The molecule has 7 nitrogen and oxygen atoms in total. The highest BCUT2D eigenvalue weighted by Gasteiger charge is 2.44. The molecule has 0 saturated carbocycles. The summed E-state index contributed by atoms with van der Waals surface area (Å²) in [4.78, 5) is 17.5. The molecule has 1 aliphatic heterocycles. The van der Waals surface area contributed by atoms with Gasteiger partial charge in [0.2, 0.25) is 5.90 Å². The summed E-state index contributed by atoms with van der Waals surface area (Å²) in [5, 5.41) is 8.83. The zero-order valence-electron chi connectivity index (χ0n) is 16.2. The van der Waals surface area contributed by atoms with Crippen molar-refractivity contribution in [2.24, 2.45) is 4.99 Å². The first-order valence-electron chi connectivity index (χ1n) is 9.35. The highest BCUT2D eigenvalue weighted by molar-refractivity contribution is 9.10. The first kappa shape index (κ1) is 21.3. The summed E-state index contributed by atoms with van der Waals surface area (Å²) in [5.41, 5.74) is 6.03. The monoisotopic (exact) mass is 461 g/mol. The van der Waals surface area contributed by atoms with Crippen molar-refractivity contribution in [2.45, 2.75) is 18.4 Å². The molecule has 1 atom stereocenters. The molecule has 2 aromatic rings. The molecule has 0 aromatic heterocycles. The Morgan fingerprint density at radius 1 is 1.24 bits per heavy atom. The van der Waals surface area contributed by atoms with Crippen LogP contribution in [0.25, 0.3) is 0 Å². The van der Waals surface area contributed by atoms with Crippen molar-refractivity contribution < 1.29 is 19.4 Å². The SMILES string of the molecule is CNNC(=O)[C@]1(Cc2ccc(Br)cc2)COC(c2ccc(OCCCO)cc2)=N1. The predicted molar refractivity (Wildman–Crippen MR) is 114 cm³/mol. The van der Waals surface area contributed by atoms with Gasteiger partial charge in [-0.05, 0) is 42.0 Å². The van der Waals surface area contributed by atoms with E-state index in [1.807, 2.05) is 48.5 Å². The lowest BCUT2D eigenvalue weighted by Gasteiger charge is -2.22. The summed E-state index contributed by atoms with van der Waals surface area (Å²) >= 11 is 3.43. The second-order valence-electron chi connectivity index (χ2n) is 6.69. The van der Waals surface area contributed by atoms with Gasteiger partial charge in [-0.15, -0.1) is 0 Å². The molecule has 0 aliphatic carbocycles. The Kier molecular flexibility index (Phi) is 7.24. The van der Waals surface area contributed by atoms with Crippen molar-refractivity contribution in [3.63, 3.8) is 0 Å². The van der Waals surface area contributed by atoms with E-state index >= 15 is 0 Å². The summed E-state index contributed by atoms with van der Waals surface area (Å²) < 4.78 is 12.4. The maximum atomic E-state index is 12.8. The van der Waals surface area contributed by atoms with Crippen LogP contribution < -0.4 is 15.6 Å². The number of hydrogen-bond donors (Lipinski definition) is 3. The highest BCUT2D eigenvalue weighted by Crippen LogP contribution is 2.28. The third-order valence-corrected chi connectivity index (χ3v) is 5.04. The zero-order valence-corrected chi connectivity index (χ0v) is 17.7. The van der Waals surface area contributed by atoms with Gasteiger partial charge in [0.15, 0.2) is 5.54 Å². The minimum absolute atomic E-state index is 0.0951. The molecule has 154 valence electrons. The number of hydrazine groups is 1.